The Morgan fingerprint density at radius 3 is 2.29 bits per heavy atom. The monoisotopic (exact) mass is 432 g/mol. The number of carbonyl (C=O) groups is 1. The maximum absolute atomic E-state index is 13.6. The summed E-state index contributed by atoms with van der Waals surface area (Å²) in [7, 11) is 0. The fourth-order valence-corrected chi connectivity index (χ4v) is 5.74. The maximum atomic E-state index is 13.6. The van der Waals surface area contributed by atoms with E-state index >= 15 is 0 Å². The Hall–Kier alpha value is -1.70. The lowest BCUT2D eigenvalue weighted by atomic mass is 9.83. The van der Waals surface area contributed by atoms with Gasteiger partial charge in [0.15, 0.2) is 0 Å². The molecule has 31 heavy (non-hydrogen) atoms. The van der Waals surface area contributed by atoms with Crippen LogP contribution in [0.5, 0.6) is 0 Å². The molecule has 0 bridgehead atoms. The molecule has 172 valence electrons. The van der Waals surface area contributed by atoms with Gasteiger partial charge in [-0.15, -0.1) is 0 Å². The number of benzene rings is 1. The van der Waals surface area contributed by atoms with E-state index in [-0.39, 0.29) is 24.8 Å². The molecule has 2 aliphatic heterocycles. The van der Waals surface area contributed by atoms with E-state index in [4.69, 9.17) is 5.73 Å². The summed E-state index contributed by atoms with van der Waals surface area (Å²) in [6.07, 6.45) is 9.95. The van der Waals surface area contributed by atoms with Gasteiger partial charge in [0.2, 0.25) is 5.91 Å². The van der Waals surface area contributed by atoms with Crippen LogP contribution in [0.3, 0.4) is 0 Å². The highest BCUT2D eigenvalue weighted by atomic mass is 19.1. The molecule has 1 amide bonds. The molecule has 6 nitrogen and oxygen atoms in total. The van der Waals surface area contributed by atoms with E-state index in [9.17, 15) is 14.3 Å². The number of piperidine rings is 1. The van der Waals surface area contributed by atoms with Gasteiger partial charge in [0.05, 0.1) is 12.8 Å². The number of amides is 1. The van der Waals surface area contributed by atoms with Crippen molar-refractivity contribution in [3.63, 3.8) is 0 Å². The van der Waals surface area contributed by atoms with Crippen LogP contribution in [0, 0.1) is 5.82 Å². The summed E-state index contributed by atoms with van der Waals surface area (Å²) >= 11 is 0. The Morgan fingerprint density at radius 2 is 1.68 bits per heavy atom. The zero-order valence-corrected chi connectivity index (χ0v) is 18.5. The highest BCUT2D eigenvalue weighted by Gasteiger charge is 2.54. The first-order valence-electron chi connectivity index (χ1n) is 12.0. The number of aliphatic hydroxyl groups is 1. The second-order valence-electron chi connectivity index (χ2n) is 9.53. The van der Waals surface area contributed by atoms with Crippen LogP contribution in [0.25, 0.3) is 0 Å². The molecule has 1 saturated carbocycles. The van der Waals surface area contributed by atoms with Crippen LogP contribution < -0.4 is 10.6 Å². The minimum absolute atomic E-state index is 0.0710. The van der Waals surface area contributed by atoms with Gasteiger partial charge in [-0.1, -0.05) is 32.1 Å². The number of hydrogen-bond donors (Lipinski definition) is 2. The minimum atomic E-state index is -0.732. The summed E-state index contributed by atoms with van der Waals surface area (Å²) < 4.78 is 13.5. The van der Waals surface area contributed by atoms with Crippen molar-refractivity contribution in [2.45, 2.75) is 75.5 Å². The second kappa shape index (κ2) is 9.84. The lowest BCUT2D eigenvalue weighted by molar-refractivity contribution is -0.135. The molecule has 3 fully saturated rings. The number of rotatable bonds is 5. The summed E-state index contributed by atoms with van der Waals surface area (Å²) in [5, 5.41) is 10.1. The van der Waals surface area contributed by atoms with Crippen molar-refractivity contribution in [3.8, 4) is 0 Å². The van der Waals surface area contributed by atoms with Gasteiger partial charge >= 0.3 is 0 Å². The van der Waals surface area contributed by atoms with Crippen LogP contribution in [-0.4, -0.2) is 71.3 Å². The van der Waals surface area contributed by atoms with Gasteiger partial charge in [0.1, 0.15) is 11.4 Å². The van der Waals surface area contributed by atoms with Crippen molar-refractivity contribution in [1.29, 1.82) is 0 Å². The number of nitrogens with zero attached hydrogens (tertiary/aromatic N) is 3. The predicted molar refractivity (Wildman–Crippen MR) is 120 cm³/mol. The first kappa shape index (κ1) is 22.5. The SMILES string of the molecule is NC[C@@H](O)CN1CN(c2ccc(F)cc2)C2(CCN(C3CCCCCCC3)CC2)C1=O. The smallest absolute Gasteiger partial charge is 0.250 e. The third-order valence-corrected chi connectivity index (χ3v) is 7.57. The number of halogens is 1. The number of β-amino-alcohol motifs (C(OH)–C–C–N with tert-alkyl or cyclic N) is 1. The van der Waals surface area contributed by atoms with Gasteiger partial charge in [0.25, 0.3) is 0 Å². The first-order chi connectivity index (χ1) is 15.0. The summed E-state index contributed by atoms with van der Waals surface area (Å²) in [4.78, 5) is 20.1. The van der Waals surface area contributed by atoms with Gasteiger partial charge < -0.3 is 25.5 Å². The summed E-state index contributed by atoms with van der Waals surface area (Å²) in [6.45, 7) is 2.58. The van der Waals surface area contributed by atoms with Crippen LogP contribution in [0.2, 0.25) is 0 Å². The van der Waals surface area contributed by atoms with E-state index in [2.05, 4.69) is 9.80 Å². The summed E-state index contributed by atoms with van der Waals surface area (Å²) in [6, 6.07) is 7.05. The van der Waals surface area contributed by atoms with Gasteiger partial charge in [-0.25, -0.2) is 4.39 Å². The molecule has 1 atom stereocenters. The minimum Gasteiger partial charge on any atom is -0.390 e. The van der Waals surface area contributed by atoms with Gasteiger partial charge in [0, 0.05) is 37.9 Å². The van der Waals surface area contributed by atoms with Gasteiger partial charge in [-0.2, -0.15) is 0 Å². The van der Waals surface area contributed by atoms with Crippen LogP contribution >= 0.6 is 0 Å². The Kier molecular flexibility index (Phi) is 7.14. The topological polar surface area (TPSA) is 73.0 Å². The molecule has 3 N–H and O–H groups in total. The van der Waals surface area contributed by atoms with Crippen molar-refractivity contribution in [2.75, 3.05) is 37.7 Å². The van der Waals surface area contributed by atoms with Crippen molar-refractivity contribution in [1.82, 2.24) is 9.80 Å². The largest absolute Gasteiger partial charge is 0.390 e. The summed E-state index contributed by atoms with van der Waals surface area (Å²) in [5.74, 6) is -0.209. The number of likely N-dealkylation sites (tertiary alicyclic amines) is 1. The molecular formula is C24H37FN4O2. The second-order valence-corrected chi connectivity index (χ2v) is 9.53. The zero-order valence-electron chi connectivity index (χ0n) is 18.5. The standard InChI is InChI=1S/C24H37FN4O2/c25-19-8-10-21(11-9-19)29-18-28(17-22(30)16-26)23(31)24(29)12-14-27(15-13-24)20-6-4-2-1-3-5-7-20/h8-11,20,22,30H,1-7,12-18,26H2/t22-/m1/s1. The summed E-state index contributed by atoms with van der Waals surface area (Å²) in [5.41, 5.74) is 5.84. The van der Waals surface area contributed by atoms with Crippen LogP contribution in [-0.2, 0) is 4.79 Å². The van der Waals surface area contributed by atoms with Crippen LogP contribution in [0.1, 0.15) is 57.8 Å². The van der Waals surface area contributed by atoms with E-state index in [0.29, 0.717) is 12.7 Å². The lowest BCUT2D eigenvalue weighted by Crippen LogP contribution is -2.58. The number of carbonyl (C=O) groups excluding carboxylic acids is 1. The van der Waals surface area contributed by atoms with E-state index in [1.54, 1.807) is 17.0 Å². The molecule has 4 rings (SSSR count). The average Bonchev–Trinajstić information content (AvgIpc) is 3.01. The van der Waals surface area contributed by atoms with E-state index in [1.165, 1.54) is 57.1 Å². The molecule has 2 heterocycles. The van der Waals surface area contributed by atoms with E-state index in [1.807, 2.05) is 0 Å². The zero-order chi connectivity index (χ0) is 21.8. The Balaban J connectivity index is 1.53. The molecule has 0 aromatic heterocycles. The Bertz CT molecular complexity index is 728. The number of nitrogens with two attached hydrogens (primary N) is 1. The molecule has 2 saturated heterocycles. The fourth-order valence-electron chi connectivity index (χ4n) is 5.74. The Labute approximate surface area is 185 Å². The maximum Gasteiger partial charge on any atom is 0.250 e. The van der Waals surface area contributed by atoms with Gasteiger partial charge in [-0.05, 0) is 49.9 Å². The molecule has 0 radical (unpaired) electrons. The van der Waals surface area contributed by atoms with E-state index < -0.39 is 11.6 Å². The Morgan fingerprint density at radius 1 is 1.06 bits per heavy atom. The molecule has 3 aliphatic rings. The van der Waals surface area contributed by atoms with Crippen molar-refractivity contribution < 1.29 is 14.3 Å². The normalized spacial score (nSPS) is 24.4. The van der Waals surface area contributed by atoms with Crippen molar-refractivity contribution in [2.24, 2.45) is 5.73 Å². The fraction of sp³-hybridized carbons (Fsp3) is 0.708. The third-order valence-electron chi connectivity index (χ3n) is 7.57. The highest BCUT2D eigenvalue weighted by molar-refractivity contribution is 5.93. The molecule has 1 aliphatic carbocycles. The average molecular weight is 433 g/mol. The first-order valence-corrected chi connectivity index (χ1v) is 12.0. The molecule has 1 aromatic carbocycles. The number of anilines is 1. The van der Waals surface area contributed by atoms with Gasteiger partial charge in [-0.3, -0.25) is 4.79 Å². The lowest BCUT2D eigenvalue weighted by Gasteiger charge is -2.46. The molecule has 7 heteroatoms. The molecule has 1 aromatic rings. The molecule has 0 unspecified atom stereocenters. The van der Waals surface area contributed by atoms with Crippen LogP contribution in [0.4, 0.5) is 10.1 Å². The highest BCUT2D eigenvalue weighted by Crippen LogP contribution is 2.40. The molecule has 1 spiro atoms. The number of aliphatic hydroxyl groups excluding tert-OH is 1. The quantitative estimate of drug-likeness (QED) is 0.749. The predicted octanol–water partition coefficient (Wildman–Crippen LogP) is 2.70. The number of hydrogen-bond acceptors (Lipinski definition) is 5. The third kappa shape index (κ3) is 4.73. The molecular weight excluding hydrogens is 395 g/mol. The van der Waals surface area contributed by atoms with Crippen molar-refractivity contribution in [3.05, 3.63) is 30.1 Å². The van der Waals surface area contributed by atoms with Crippen LogP contribution in [0.15, 0.2) is 24.3 Å². The van der Waals surface area contributed by atoms with Crippen molar-refractivity contribution >= 4 is 11.6 Å². The van der Waals surface area contributed by atoms with E-state index in [0.717, 1.165) is 31.6 Å².